The van der Waals surface area contributed by atoms with Gasteiger partial charge in [-0.15, -0.1) is 0 Å². The number of amides is 1. The Labute approximate surface area is 168 Å². The number of nitrogens with zero attached hydrogens (tertiary/aromatic N) is 2. The zero-order valence-electron chi connectivity index (χ0n) is 16.5. The number of nitrogens with one attached hydrogen (secondary N) is 3. The Morgan fingerprint density at radius 1 is 1.34 bits per heavy atom. The van der Waals surface area contributed by atoms with Crippen LogP contribution in [0.1, 0.15) is 42.5 Å². The van der Waals surface area contributed by atoms with E-state index in [-0.39, 0.29) is 11.5 Å². The summed E-state index contributed by atoms with van der Waals surface area (Å²) in [5, 5.41) is 6.71. The second kappa shape index (κ2) is 8.57. The Hall–Kier alpha value is -3.00. The normalized spacial score (nSPS) is 14.5. The van der Waals surface area contributed by atoms with Gasteiger partial charge in [0.05, 0.1) is 6.20 Å². The van der Waals surface area contributed by atoms with E-state index in [1.54, 1.807) is 25.4 Å². The van der Waals surface area contributed by atoms with E-state index in [1.807, 2.05) is 12.1 Å². The van der Waals surface area contributed by atoms with Crippen LogP contribution in [0, 0.1) is 0 Å². The number of anilines is 1. The number of aromatic nitrogens is 3. The molecule has 29 heavy (non-hydrogen) atoms. The summed E-state index contributed by atoms with van der Waals surface area (Å²) in [6, 6.07) is 7.41. The van der Waals surface area contributed by atoms with Crippen molar-refractivity contribution in [3.63, 3.8) is 0 Å². The summed E-state index contributed by atoms with van der Waals surface area (Å²) < 4.78 is 6.55. The first-order valence-corrected chi connectivity index (χ1v) is 10.1. The zero-order valence-corrected chi connectivity index (χ0v) is 16.5. The lowest BCUT2D eigenvalue weighted by atomic mass is 10.1. The molecule has 3 N–H and O–H groups in total. The number of ether oxygens (including phenoxy) is 1. The number of pyridine rings is 2. The number of methoxy groups -OCH3 is 1. The molecule has 4 rings (SSSR count). The summed E-state index contributed by atoms with van der Waals surface area (Å²) in [6.45, 7) is 1.07. The monoisotopic (exact) mass is 396 g/mol. The molecule has 8 nitrogen and oxygen atoms in total. The molecule has 3 heterocycles. The average molecular weight is 396 g/mol. The molecular formula is C21H26N5O3+. The van der Waals surface area contributed by atoms with Crippen LogP contribution in [0.5, 0.6) is 0 Å². The minimum absolute atomic E-state index is 0.206. The fourth-order valence-electron chi connectivity index (χ4n) is 3.81. The molecule has 0 atom stereocenters. The highest BCUT2D eigenvalue weighted by Gasteiger charge is 2.24. The highest BCUT2D eigenvalue weighted by atomic mass is 16.5. The van der Waals surface area contributed by atoms with E-state index in [4.69, 9.17) is 4.74 Å². The average Bonchev–Trinajstić information content (AvgIpc) is 3.24. The number of hydrogen-bond donors (Lipinski definition) is 2. The van der Waals surface area contributed by atoms with E-state index < -0.39 is 0 Å². The Balaban J connectivity index is 1.76. The van der Waals surface area contributed by atoms with Crippen LogP contribution in [0.3, 0.4) is 0 Å². The van der Waals surface area contributed by atoms with Crippen molar-refractivity contribution in [1.82, 2.24) is 14.7 Å². The van der Waals surface area contributed by atoms with Crippen molar-refractivity contribution < 1.29 is 14.5 Å². The van der Waals surface area contributed by atoms with Gasteiger partial charge in [-0.25, -0.2) is 9.78 Å². The molecule has 8 heteroatoms. The van der Waals surface area contributed by atoms with Gasteiger partial charge in [-0.2, -0.15) is 4.40 Å². The quantitative estimate of drug-likeness (QED) is 0.469. The molecule has 1 saturated carbocycles. The Bertz CT molecular complexity index is 1090. The van der Waals surface area contributed by atoms with Gasteiger partial charge < -0.3 is 15.4 Å². The van der Waals surface area contributed by atoms with Crippen LogP contribution < -0.4 is 21.2 Å². The maximum Gasteiger partial charge on any atom is 0.325 e. The Morgan fingerprint density at radius 2 is 2.17 bits per heavy atom. The van der Waals surface area contributed by atoms with Crippen molar-refractivity contribution in [2.45, 2.75) is 38.1 Å². The molecule has 0 aliphatic heterocycles. The lowest BCUT2D eigenvalue weighted by Crippen LogP contribution is -2.30. The molecule has 152 valence electrons. The SMILES string of the molecule is COCCCNC(=O)c1cc2c(=O)n3ccccc3[nH+]c2nc1NC1CCCC1. The third-order valence-corrected chi connectivity index (χ3v) is 5.33. The van der Waals surface area contributed by atoms with Crippen LogP contribution in [-0.4, -0.2) is 41.6 Å². The fraction of sp³-hybridized carbons (Fsp3) is 0.429. The lowest BCUT2D eigenvalue weighted by molar-refractivity contribution is -0.319. The maximum atomic E-state index is 13.0. The second-order valence-corrected chi connectivity index (χ2v) is 7.39. The molecule has 0 radical (unpaired) electrons. The molecule has 0 unspecified atom stereocenters. The third kappa shape index (κ3) is 4.07. The summed E-state index contributed by atoms with van der Waals surface area (Å²) in [5.74, 6) is 0.276. The molecule has 0 bridgehead atoms. The molecule has 1 amide bonds. The standard InChI is InChI=1S/C21H25N5O3/c1-29-12-6-10-22-20(27)15-13-16-19(25-18(15)23-14-7-2-3-8-14)24-17-9-4-5-11-26(17)21(16)28/h4-5,9,11,13-14H,2-3,6-8,10,12H2,1H3,(H,22,27)(H,23,25)/p+1. The van der Waals surface area contributed by atoms with Crippen LogP contribution >= 0.6 is 0 Å². The van der Waals surface area contributed by atoms with Crippen LogP contribution in [0.4, 0.5) is 5.82 Å². The van der Waals surface area contributed by atoms with Crippen LogP contribution in [0.15, 0.2) is 35.3 Å². The van der Waals surface area contributed by atoms with Gasteiger partial charge in [0.1, 0.15) is 10.9 Å². The zero-order chi connectivity index (χ0) is 20.2. The van der Waals surface area contributed by atoms with E-state index in [0.717, 1.165) is 19.3 Å². The van der Waals surface area contributed by atoms with Gasteiger partial charge >= 0.3 is 5.56 Å². The van der Waals surface area contributed by atoms with Crippen molar-refractivity contribution in [2.24, 2.45) is 0 Å². The van der Waals surface area contributed by atoms with E-state index >= 15 is 0 Å². The van der Waals surface area contributed by atoms with Crippen molar-refractivity contribution in [1.29, 1.82) is 0 Å². The van der Waals surface area contributed by atoms with E-state index in [2.05, 4.69) is 20.6 Å². The van der Waals surface area contributed by atoms with Crippen molar-refractivity contribution in [3.05, 3.63) is 46.4 Å². The van der Waals surface area contributed by atoms with E-state index in [1.165, 1.54) is 17.2 Å². The number of carbonyl (C=O) groups excluding carboxylic acids is 1. The predicted molar refractivity (Wildman–Crippen MR) is 110 cm³/mol. The van der Waals surface area contributed by atoms with Crippen LogP contribution in [0.2, 0.25) is 0 Å². The molecule has 0 aromatic carbocycles. The molecule has 1 aliphatic carbocycles. The van der Waals surface area contributed by atoms with Crippen molar-refractivity contribution >= 4 is 28.4 Å². The van der Waals surface area contributed by atoms with Gasteiger partial charge in [-0.1, -0.05) is 23.9 Å². The first-order chi connectivity index (χ1) is 14.2. The molecule has 3 aromatic rings. The fourth-order valence-corrected chi connectivity index (χ4v) is 3.81. The summed E-state index contributed by atoms with van der Waals surface area (Å²) in [4.78, 5) is 33.7. The van der Waals surface area contributed by atoms with Gasteiger partial charge in [0.2, 0.25) is 11.5 Å². The summed E-state index contributed by atoms with van der Waals surface area (Å²) >= 11 is 0. The highest BCUT2D eigenvalue weighted by Crippen LogP contribution is 2.24. The van der Waals surface area contributed by atoms with Gasteiger partial charge in [0.25, 0.3) is 11.6 Å². The minimum Gasteiger partial charge on any atom is -0.385 e. The molecule has 0 spiro atoms. The molecule has 0 saturated heterocycles. The second-order valence-electron chi connectivity index (χ2n) is 7.39. The number of aromatic amines is 1. The minimum atomic E-state index is -0.242. The predicted octanol–water partition coefficient (Wildman–Crippen LogP) is 1.78. The molecular weight excluding hydrogens is 370 g/mol. The van der Waals surface area contributed by atoms with Gasteiger partial charge in [0, 0.05) is 32.4 Å². The smallest absolute Gasteiger partial charge is 0.325 e. The highest BCUT2D eigenvalue weighted by molar-refractivity contribution is 6.01. The molecule has 3 aromatic heterocycles. The number of hydrogen-bond acceptors (Lipinski definition) is 5. The number of H-pyrrole nitrogens is 1. The van der Waals surface area contributed by atoms with Gasteiger partial charge in [-0.05, 0) is 31.4 Å². The summed E-state index contributed by atoms with van der Waals surface area (Å²) in [7, 11) is 1.63. The van der Waals surface area contributed by atoms with Crippen LogP contribution in [-0.2, 0) is 4.74 Å². The first kappa shape index (κ1) is 19.3. The van der Waals surface area contributed by atoms with Crippen LogP contribution in [0.25, 0.3) is 16.7 Å². The summed E-state index contributed by atoms with van der Waals surface area (Å²) in [6.07, 6.45) is 6.86. The number of carbonyl (C=O) groups is 1. The topological polar surface area (TPSA) is 98.9 Å². The maximum absolute atomic E-state index is 13.0. The lowest BCUT2D eigenvalue weighted by Gasteiger charge is -2.14. The van der Waals surface area contributed by atoms with E-state index in [0.29, 0.717) is 47.3 Å². The number of rotatable bonds is 7. The number of fused-ring (bicyclic) bond motifs is 2. The van der Waals surface area contributed by atoms with Crippen molar-refractivity contribution in [2.75, 3.05) is 25.6 Å². The molecule has 1 aliphatic rings. The van der Waals surface area contributed by atoms with Gasteiger partial charge in [-0.3, -0.25) is 4.79 Å². The third-order valence-electron chi connectivity index (χ3n) is 5.33. The Morgan fingerprint density at radius 3 is 2.97 bits per heavy atom. The van der Waals surface area contributed by atoms with Crippen molar-refractivity contribution in [3.8, 4) is 0 Å². The molecule has 1 fully saturated rings. The van der Waals surface area contributed by atoms with Gasteiger partial charge in [0.15, 0.2) is 0 Å². The summed E-state index contributed by atoms with van der Waals surface area (Å²) in [5.41, 5.74) is 1.31. The first-order valence-electron chi connectivity index (χ1n) is 10.1. The Kier molecular flexibility index (Phi) is 5.71. The van der Waals surface area contributed by atoms with E-state index in [9.17, 15) is 9.59 Å². The largest absolute Gasteiger partial charge is 0.385 e.